The maximum atomic E-state index is 3.87. The summed E-state index contributed by atoms with van der Waals surface area (Å²) in [6.45, 7) is 2.02. The maximum Gasteiger partial charge on any atom is 0.0277 e. The van der Waals surface area contributed by atoms with Gasteiger partial charge in [0.15, 0.2) is 0 Å². The molecule has 0 radical (unpaired) electrons. The molecule has 0 aromatic rings. The van der Waals surface area contributed by atoms with Crippen molar-refractivity contribution >= 4 is 6.21 Å². The average molecular weight is 126 g/mol. The Morgan fingerprint density at radius 2 is 2.00 bits per heavy atom. The molecule has 0 amide bonds. The number of nitrogens with zero attached hydrogens (tertiary/aromatic N) is 2. The van der Waals surface area contributed by atoms with Gasteiger partial charge in [-0.25, -0.2) is 0 Å². The van der Waals surface area contributed by atoms with Crippen LogP contribution in [-0.2, 0) is 0 Å². The Morgan fingerprint density at radius 3 is 2.33 bits per heavy atom. The summed E-state index contributed by atoms with van der Waals surface area (Å²) < 4.78 is 0. The van der Waals surface area contributed by atoms with E-state index in [-0.39, 0.29) is 0 Å². The van der Waals surface area contributed by atoms with Crippen LogP contribution in [0.15, 0.2) is 16.8 Å². The van der Waals surface area contributed by atoms with Crippen LogP contribution in [0, 0.1) is 0 Å². The first-order valence-corrected chi connectivity index (χ1v) is 2.94. The zero-order valence-corrected chi connectivity index (χ0v) is 6.55. The molecule has 0 bridgehead atoms. The second kappa shape index (κ2) is 4.13. The molecule has 0 fully saturated rings. The Morgan fingerprint density at radius 1 is 1.44 bits per heavy atom. The van der Waals surface area contributed by atoms with Gasteiger partial charge in [-0.15, -0.1) is 0 Å². The molecule has 0 spiro atoms. The average Bonchev–Trinajstić information content (AvgIpc) is 1.63. The van der Waals surface area contributed by atoms with Crippen molar-refractivity contribution < 1.29 is 0 Å². The molecule has 9 heavy (non-hydrogen) atoms. The van der Waals surface area contributed by atoms with Crippen molar-refractivity contribution in [2.45, 2.75) is 6.92 Å². The van der Waals surface area contributed by atoms with Gasteiger partial charge >= 0.3 is 0 Å². The topological polar surface area (TPSA) is 15.6 Å². The number of allylic oxidation sites excluding steroid dienone is 1. The normalized spacial score (nSPS) is 12.7. The Labute approximate surface area is 56.9 Å². The molecule has 0 unspecified atom stereocenters. The van der Waals surface area contributed by atoms with Gasteiger partial charge < -0.3 is 4.90 Å². The third-order valence-corrected chi connectivity index (χ3v) is 0.795. The van der Waals surface area contributed by atoms with Crippen LogP contribution in [0.25, 0.3) is 0 Å². The molecule has 0 aromatic carbocycles. The van der Waals surface area contributed by atoms with E-state index in [0.29, 0.717) is 0 Å². The summed E-state index contributed by atoms with van der Waals surface area (Å²) in [5.74, 6) is 0. The van der Waals surface area contributed by atoms with Crippen molar-refractivity contribution in [3.05, 3.63) is 11.8 Å². The van der Waals surface area contributed by atoms with Crippen molar-refractivity contribution in [3.63, 3.8) is 0 Å². The van der Waals surface area contributed by atoms with Crippen LogP contribution >= 0.6 is 0 Å². The van der Waals surface area contributed by atoms with Gasteiger partial charge in [-0.3, -0.25) is 4.99 Å². The molecule has 0 aromatic heterocycles. The molecular formula is C7H14N2. The van der Waals surface area contributed by atoms with Crippen LogP contribution < -0.4 is 0 Å². The lowest BCUT2D eigenvalue weighted by Crippen LogP contribution is -2.02. The molecule has 52 valence electrons. The highest BCUT2D eigenvalue weighted by atomic mass is 15.0. The van der Waals surface area contributed by atoms with Crippen molar-refractivity contribution in [2.24, 2.45) is 4.99 Å². The van der Waals surface area contributed by atoms with Gasteiger partial charge in [0, 0.05) is 33.6 Å². The van der Waals surface area contributed by atoms with E-state index in [1.54, 1.807) is 7.05 Å². The standard InChI is InChI=1S/C7H14N2/c1-7(5-8-2)6-9(3)4/h5-6H,1-4H3/b7-6-,8-5-. The van der Waals surface area contributed by atoms with E-state index < -0.39 is 0 Å². The van der Waals surface area contributed by atoms with Crippen molar-refractivity contribution in [1.82, 2.24) is 4.90 Å². The minimum atomic E-state index is 1.17. The highest BCUT2D eigenvalue weighted by Crippen LogP contribution is 1.87. The van der Waals surface area contributed by atoms with Crippen LogP contribution in [0.2, 0.25) is 0 Å². The summed E-state index contributed by atoms with van der Waals surface area (Å²) in [6, 6.07) is 0. The van der Waals surface area contributed by atoms with E-state index in [1.165, 1.54) is 5.57 Å². The van der Waals surface area contributed by atoms with Gasteiger partial charge in [0.2, 0.25) is 0 Å². The van der Waals surface area contributed by atoms with Gasteiger partial charge in [-0.05, 0) is 12.5 Å². The first-order valence-electron chi connectivity index (χ1n) is 2.94. The smallest absolute Gasteiger partial charge is 0.0277 e. The zero-order valence-electron chi connectivity index (χ0n) is 6.55. The lowest BCUT2D eigenvalue weighted by Gasteiger charge is -2.03. The Kier molecular flexibility index (Phi) is 3.76. The summed E-state index contributed by atoms with van der Waals surface area (Å²) in [6.07, 6.45) is 3.85. The van der Waals surface area contributed by atoms with E-state index in [9.17, 15) is 0 Å². The number of hydrogen-bond acceptors (Lipinski definition) is 2. The molecule has 0 aliphatic carbocycles. The lowest BCUT2D eigenvalue weighted by atomic mass is 10.3. The summed E-state index contributed by atoms with van der Waals surface area (Å²) in [5.41, 5.74) is 1.17. The minimum absolute atomic E-state index is 1.17. The van der Waals surface area contributed by atoms with E-state index in [0.717, 1.165) is 0 Å². The van der Waals surface area contributed by atoms with E-state index in [2.05, 4.69) is 4.99 Å². The van der Waals surface area contributed by atoms with Gasteiger partial charge in [0.1, 0.15) is 0 Å². The SMILES string of the molecule is C/N=C\C(C)=C/N(C)C. The minimum Gasteiger partial charge on any atom is -0.383 e. The predicted molar refractivity (Wildman–Crippen MR) is 41.9 cm³/mol. The summed E-state index contributed by atoms with van der Waals surface area (Å²) in [4.78, 5) is 5.87. The van der Waals surface area contributed by atoms with E-state index in [1.807, 2.05) is 38.3 Å². The number of hydrogen-bond donors (Lipinski definition) is 0. The predicted octanol–water partition coefficient (Wildman–Crippen LogP) is 1.15. The summed E-state index contributed by atoms with van der Waals surface area (Å²) >= 11 is 0. The fourth-order valence-corrected chi connectivity index (χ4v) is 0.644. The van der Waals surface area contributed by atoms with Gasteiger partial charge in [0.05, 0.1) is 0 Å². The second-order valence-corrected chi connectivity index (χ2v) is 2.22. The summed E-state index contributed by atoms with van der Waals surface area (Å²) in [7, 11) is 5.76. The van der Waals surface area contributed by atoms with Gasteiger partial charge in [0.25, 0.3) is 0 Å². The van der Waals surface area contributed by atoms with Gasteiger partial charge in [-0.2, -0.15) is 0 Å². The molecule has 0 saturated heterocycles. The molecule has 2 nitrogen and oxygen atoms in total. The second-order valence-electron chi connectivity index (χ2n) is 2.22. The van der Waals surface area contributed by atoms with Crippen molar-refractivity contribution in [3.8, 4) is 0 Å². The quantitative estimate of drug-likeness (QED) is 0.507. The monoisotopic (exact) mass is 126 g/mol. The van der Waals surface area contributed by atoms with Crippen molar-refractivity contribution in [1.29, 1.82) is 0 Å². The molecular weight excluding hydrogens is 112 g/mol. The maximum absolute atomic E-state index is 3.87. The first-order chi connectivity index (χ1) is 4.16. The van der Waals surface area contributed by atoms with Gasteiger partial charge in [-0.1, -0.05) is 0 Å². The molecule has 0 atom stereocenters. The molecule has 0 aliphatic heterocycles. The largest absolute Gasteiger partial charge is 0.383 e. The number of rotatable bonds is 2. The fourth-order valence-electron chi connectivity index (χ4n) is 0.644. The third-order valence-electron chi connectivity index (χ3n) is 0.795. The molecule has 0 heterocycles. The zero-order chi connectivity index (χ0) is 7.28. The van der Waals surface area contributed by atoms with E-state index >= 15 is 0 Å². The summed E-state index contributed by atoms with van der Waals surface area (Å²) in [5, 5.41) is 0. The Hall–Kier alpha value is -0.790. The number of aliphatic imine (C=N–C) groups is 1. The Bertz CT molecular complexity index is 123. The van der Waals surface area contributed by atoms with Crippen LogP contribution in [0.3, 0.4) is 0 Å². The highest BCUT2D eigenvalue weighted by molar-refractivity contribution is 5.77. The van der Waals surface area contributed by atoms with Crippen molar-refractivity contribution in [2.75, 3.05) is 21.1 Å². The Balaban J connectivity index is 3.84. The van der Waals surface area contributed by atoms with Crippen LogP contribution in [0.1, 0.15) is 6.92 Å². The fraction of sp³-hybridized carbons (Fsp3) is 0.571. The van der Waals surface area contributed by atoms with Crippen LogP contribution in [0.5, 0.6) is 0 Å². The molecule has 0 aliphatic rings. The van der Waals surface area contributed by atoms with Crippen LogP contribution in [0.4, 0.5) is 0 Å². The third kappa shape index (κ3) is 5.07. The molecule has 2 heteroatoms. The van der Waals surface area contributed by atoms with E-state index in [4.69, 9.17) is 0 Å². The first kappa shape index (κ1) is 8.21. The molecule has 0 rings (SSSR count). The molecule has 0 N–H and O–H groups in total. The highest BCUT2D eigenvalue weighted by Gasteiger charge is 1.80. The lowest BCUT2D eigenvalue weighted by molar-refractivity contribution is 0.561. The van der Waals surface area contributed by atoms with Crippen LogP contribution in [-0.4, -0.2) is 32.3 Å². The molecule has 0 saturated carbocycles.